The SMILES string of the molecule is Cc1ccc(-n2nc(C(C)C)cc2SCC(=O)O)cc1. The van der Waals surface area contributed by atoms with Gasteiger partial charge in [-0.05, 0) is 31.0 Å². The zero-order valence-corrected chi connectivity index (χ0v) is 12.6. The zero-order valence-electron chi connectivity index (χ0n) is 11.8. The van der Waals surface area contributed by atoms with Crippen molar-refractivity contribution in [2.45, 2.75) is 31.7 Å². The van der Waals surface area contributed by atoms with Crippen LogP contribution >= 0.6 is 11.8 Å². The van der Waals surface area contributed by atoms with Crippen LogP contribution < -0.4 is 0 Å². The Hall–Kier alpha value is -1.75. The van der Waals surface area contributed by atoms with E-state index in [-0.39, 0.29) is 5.75 Å². The molecule has 0 spiro atoms. The summed E-state index contributed by atoms with van der Waals surface area (Å²) in [5.74, 6) is -0.474. The summed E-state index contributed by atoms with van der Waals surface area (Å²) in [6.07, 6.45) is 0. The second-order valence-electron chi connectivity index (χ2n) is 4.99. The summed E-state index contributed by atoms with van der Waals surface area (Å²) in [4.78, 5) is 10.8. The molecular weight excluding hydrogens is 272 g/mol. The van der Waals surface area contributed by atoms with Gasteiger partial charge in [0, 0.05) is 0 Å². The Kier molecular flexibility index (Phi) is 4.49. The van der Waals surface area contributed by atoms with E-state index in [2.05, 4.69) is 18.9 Å². The van der Waals surface area contributed by atoms with Crippen molar-refractivity contribution in [3.8, 4) is 5.69 Å². The molecule has 0 unspecified atom stereocenters. The Morgan fingerprint density at radius 2 is 2.00 bits per heavy atom. The Labute approximate surface area is 122 Å². The number of thioether (sulfide) groups is 1. The van der Waals surface area contributed by atoms with Crippen molar-refractivity contribution < 1.29 is 9.90 Å². The van der Waals surface area contributed by atoms with E-state index >= 15 is 0 Å². The van der Waals surface area contributed by atoms with Crippen LogP contribution in [0, 0.1) is 6.92 Å². The second-order valence-corrected chi connectivity index (χ2v) is 5.99. The average molecular weight is 290 g/mol. The van der Waals surface area contributed by atoms with E-state index in [0.29, 0.717) is 5.92 Å². The molecule has 0 atom stereocenters. The lowest BCUT2D eigenvalue weighted by Crippen LogP contribution is -2.02. The highest BCUT2D eigenvalue weighted by Crippen LogP contribution is 2.26. The molecule has 2 rings (SSSR count). The normalized spacial score (nSPS) is 11.0. The van der Waals surface area contributed by atoms with Crippen molar-refractivity contribution >= 4 is 17.7 Å². The summed E-state index contributed by atoms with van der Waals surface area (Å²) >= 11 is 1.29. The van der Waals surface area contributed by atoms with Crippen molar-refractivity contribution in [1.82, 2.24) is 9.78 Å². The van der Waals surface area contributed by atoms with Crippen molar-refractivity contribution in [1.29, 1.82) is 0 Å². The number of carboxylic acid groups (broad SMARTS) is 1. The number of rotatable bonds is 5. The van der Waals surface area contributed by atoms with Gasteiger partial charge >= 0.3 is 5.97 Å². The van der Waals surface area contributed by atoms with Gasteiger partial charge in [0.1, 0.15) is 5.03 Å². The minimum atomic E-state index is -0.822. The summed E-state index contributed by atoms with van der Waals surface area (Å²) in [6.45, 7) is 6.19. The van der Waals surface area contributed by atoms with Gasteiger partial charge in [0.2, 0.25) is 0 Å². The van der Waals surface area contributed by atoms with E-state index < -0.39 is 5.97 Å². The standard InChI is InChI=1S/C15H18N2O2S/c1-10(2)13-8-14(20-9-15(18)19)17(16-13)12-6-4-11(3)5-7-12/h4-8,10H,9H2,1-3H3,(H,18,19). The number of carbonyl (C=O) groups is 1. The maximum absolute atomic E-state index is 10.8. The molecule has 0 amide bonds. The highest BCUT2D eigenvalue weighted by molar-refractivity contribution is 7.99. The molecule has 1 aromatic heterocycles. The Balaban J connectivity index is 2.38. The molecule has 1 aromatic carbocycles. The Bertz CT molecular complexity index is 603. The minimum Gasteiger partial charge on any atom is -0.481 e. The summed E-state index contributed by atoms with van der Waals surface area (Å²) in [7, 11) is 0. The number of benzene rings is 1. The fraction of sp³-hybridized carbons (Fsp3) is 0.333. The van der Waals surface area contributed by atoms with E-state index in [1.807, 2.05) is 41.9 Å². The van der Waals surface area contributed by atoms with E-state index in [1.165, 1.54) is 17.3 Å². The van der Waals surface area contributed by atoms with Crippen molar-refractivity contribution in [3.63, 3.8) is 0 Å². The van der Waals surface area contributed by atoms with Gasteiger partial charge in [-0.2, -0.15) is 5.10 Å². The molecule has 1 heterocycles. The summed E-state index contributed by atoms with van der Waals surface area (Å²) < 4.78 is 1.82. The first kappa shape index (κ1) is 14.7. The van der Waals surface area contributed by atoms with E-state index in [4.69, 9.17) is 5.11 Å². The fourth-order valence-electron chi connectivity index (χ4n) is 1.77. The third-order valence-corrected chi connectivity index (χ3v) is 3.89. The first-order valence-electron chi connectivity index (χ1n) is 6.49. The fourth-order valence-corrected chi connectivity index (χ4v) is 2.52. The molecule has 0 aliphatic rings. The van der Waals surface area contributed by atoms with Gasteiger partial charge in [0.25, 0.3) is 0 Å². The van der Waals surface area contributed by atoms with Gasteiger partial charge in [-0.25, -0.2) is 4.68 Å². The quantitative estimate of drug-likeness (QED) is 0.857. The largest absolute Gasteiger partial charge is 0.481 e. The minimum absolute atomic E-state index is 0.0368. The van der Waals surface area contributed by atoms with E-state index in [9.17, 15) is 4.79 Å². The lowest BCUT2D eigenvalue weighted by Gasteiger charge is -2.06. The monoisotopic (exact) mass is 290 g/mol. The molecule has 106 valence electrons. The van der Waals surface area contributed by atoms with Crippen molar-refractivity contribution in [2.75, 3.05) is 5.75 Å². The first-order chi connectivity index (χ1) is 9.47. The lowest BCUT2D eigenvalue weighted by molar-refractivity contribution is -0.133. The number of nitrogens with zero attached hydrogens (tertiary/aromatic N) is 2. The Morgan fingerprint density at radius 1 is 1.35 bits per heavy atom. The Morgan fingerprint density at radius 3 is 2.55 bits per heavy atom. The third kappa shape index (κ3) is 3.42. The number of carboxylic acids is 1. The zero-order chi connectivity index (χ0) is 14.7. The molecule has 0 saturated heterocycles. The van der Waals surface area contributed by atoms with Gasteiger partial charge in [-0.3, -0.25) is 4.79 Å². The van der Waals surface area contributed by atoms with Gasteiger partial charge in [0.05, 0.1) is 17.1 Å². The second kappa shape index (κ2) is 6.13. The van der Waals surface area contributed by atoms with Crippen LogP contribution in [0.1, 0.15) is 31.0 Å². The summed E-state index contributed by atoms with van der Waals surface area (Å²) in [5, 5.41) is 14.3. The third-order valence-electron chi connectivity index (χ3n) is 2.91. The molecule has 0 fully saturated rings. The highest BCUT2D eigenvalue weighted by Gasteiger charge is 2.13. The maximum atomic E-state index is 10.8. The van der Waals surface area contributed by atoms with Gasteiger partial charge in [-0.15, -0.1) is 0 Å². The lowest BCUT2D eigenvalue weighted by atomic mass is 10.1. The molecule has 0 saturated carbocycles. The van der Waals surface area contributed by atoms with Crippen molar-refractivity contribution in [2.24, 2.45) is 0 Å². The van der Waals surface area contributed by atoms with Gasteiger partial charge < -0.3 is 5.11 Å². The van der Waals surface area contributed by atoms with Crippen LogP contribution in [0.5, 0.6) is 0 Å². The molecule has 4 nitrogen and oxygen atoms in total. The van der Waals surface area contributed by atoms with Crippen LogP contribution in [0.25, 0.3) is 5.69 Å². The molecule has 5 heteroatoms. The number of aromatic nitrogens is 2. The van der Waals surface area contributed by atoms with Crippen LogP contribution in [0.15, 0.2) is 35.4 Å². The summed E-state index contributed by atoms with van der Waals surface area (Å²) in [6, 6.07) is 10.0. The molecule has 1 N–H and O–H groups in total. The predicted molar refractivity (Wildman–Crippen MR) is 80.7 cm³/mol. The molecule has 0 aliphatic carbocycles. The van der Waals surface area contributed by atoms with E-state index in [0.717, 1.165) is 16.4 Å². The molecule has 0 bridgehead atoms. The van der Waals surface area contributed by atoms with Crippen LogP contribution in [0.3, 0.4) is 0 Å². The molecule has 0 radical (unpaired) electrons. The molecule has 2 aromatic rings. The van der Waals surface area contributed by atoms with Crippen molar-refractivity contribution in [3.05, 3.63) is 41.6 Å². The number of hydrogen-bond donors (Lipinski definition) is 1. The average Bonchev–Trinajstić information content (AvgIpc) is 2.81. The number of aryl methyl sites for hydroxylation is 1. The van der Waals surface area contributed by atoms with Crippen LogP contribution in [0.2, 0.25) is 0 Å². The van der Waals surface area contributed by atoms with Gasteiger partial charge in [0.15, 0.2) is 0 Å². The number of hydrogen-bond acceptors (Lipinski definition) is 3. The molecule has 0 aliphatic heterocycles. The van der Waals surface area contributed by atoms with Gasteiger partial charge in [-0.1, -0.05) is 43.3 Å². The smallest absolute Gasteiger partial charge is 0.313 e. The van der Waals surface area contributed by atoms with E-state index in [1.54, 1.807) is 0 Å². The van der Waals surface area contributed by atoms with Crippen LogP contribution in [-0.2, 0) is 4.79 Å². The van der Waals surface area contributed by atoms with Crippen LogP contribution in [0.4, 0.5) is 0 Å². The maximum Gasteiger partial charge on any atom is 0.313 e. The molecule has 20 heavy (non-hydrogen) atoms. The summed E-state index contributed by atoms with van der Waals surface area (Å²) in [5.41, 5.74) is 3.11. The first-order valence-corrected chi connectivity index (χ1v) is 7.47. The topological polar surface area (TPSA) is 55.1 Å². The number of aliphatic carboxylic acids is 1. The van der Waals surface area contributed by atoms with Crippen LogP contribution in [-0.4, -0.2) is 26.6 Å². The predicted octanol–water partition coefficient (Wildman–Crippen LogP) is 3.48. The molecular formula is C15H18N2O2S. The highest BCUT2D eigenvalue weighted by atomic mass is 32.2.